The number of aromatic nitrogens is 3. The molecule has 9 heteroatoms. The highest BCUT2D eigenvalue weighted by atomic mass is 16.5. The first-order chi connectivity index (χ1) is 10.2. The standard InChI is InChI=1S/C12H14N6O3/c1-20-8-5-3-4-7(9(8)21-2)6-14-17-11(19)10-15-12(13)18-16-10/h3-6H,1-2H3,(H,17,19)(H3,13,15,16,18)/b14-6+. The molecule has 1 amide bonds. The zero-order valence-corrected chi connectivity index (χ0v) is 11.5. The number of methoxy groups -OCH3 is 2. The number of anilines is 1. The molecule has 0 atom stereocenters. The van der Waals surface area contributed by atoms with Gasteiger partial charge in [0.25, 0.3) is 0 Å². The average molecular weight is 290 g/mol. The molecule has 0 unspecified atom stereocenters. The van der Waals surface area contributed by atoms with Crippen LogP contribution in [-0.4, -0.2) is 41.5 Å². The van der Waals surface area contributed by atoms with Crippen LogP contribution >= 0.6 is 0 Å². The molecule has 0 spiro atoms. The number of H-pyrrole nitrogens is 1. The summed E-state index contributed by atoms with van der Waals surface area (Å²) in [5.41, 5.74) is 8.25. The third-order valence-electron chi connectivity index (χ3n) is 2.52. The van der Waals surface area contributed by atoms with Gasteiger partial charge in [-0.05, 0) is 12.1 Å². The summed E-state index contributed by atoms with van der Waals surface area (Å²) >= 11 is 0. The van der Waals surface area contributed by atoms with Crippen LogP contribution in [0.3, 0.4) is 0 Å². The number of hydrogen-bond acceptors (Lipinski definition) is 7. The van der Waals surface area contributed by atoms with E-state index >= 15 is 0 Å². The smallest absolute Gasteiger partial charge is 0.308 e. The summed E-state index contributed by atoms with van der Waals surface area (Å²) in [4.78, 5) is 15.3. The molecule has 1 aromatic heterocycles. The molecule has 4 N–H and O–H groups in total. The first-order valence-corrected chi connectivity index (χ1v) is 5.88. The summed E-state index contributed by atoms with van der Waals surface area (Å²) in [6, 6.07) is 5.30. The molecular formula is C12H14N6O3. The largest absolute Gasteiger partial charge is 0.493 e. The Morgan fingerprint density at radius 1 is 1.43 bits per heavy atom. The number of hydrazone groups is 1. The van der Waals surface area contributed by atoms with Crippen molar-refractivity contribution in [3.05, 3.63) is 29.6 Å². The lowest BCUT2D eigenvalue weighted by Crippen LogP contribution is -2.19. The fourth-order valence-corrected chi connectivity index (χ4v) is 1.60. The van der Waals surface area contributed by atoms with Crippen LogP contribution in [0.5, 0.6) is 11.5 Å². The number of rotatable bonds is 5. The van der Waals surface area contributed by atoms with Gasteiger partial charge in [0.15, 0.2) is 11.5 Å². The van der Waals surface area contributed by atoms with Gasteiger partial charge in [-0.15, -0.1) is 5.10 Å². The fourth-order valence-electron chi connectivity index (χ4n) is 1.60. The van der Waals surface area contributed by atoms with Gasteiger partial charge in [-0.1, -0.05) is 6.07 Å². The number of nitrogens with two attached hydrogens (primary N) is 1. The van der Waals surface area contributed by atoms with Gasteiger partial charge < -0.3 is 15.2 Å². The number of para-hydroxylation sites is 1. The van der Waals surface area contributed by atoms with Gasteiger partial charge in [-0.25, -0.2) is 5.43 Å². The molecule has 1 aromatic carbocycles. The van der Waals surface area contributed by atoms with Crippen LogP contribution in [0.2, 0.25) is 0 Å². The Bertz CT molecular complexity index is 667. The van der Waals surface area contributed by atoms with Crippen molar-refractivity contribution in [2.45, 2.75) is 0 Å². The zero-order valence-electron chi connectivity index (χ0n) is 11.5. The lowest BCUT2D eigenvalue weighted by Gasteiger charge is -2.09. The molecule has 0 aliphatic rings. The number of benzene rings is 1. The summed E-state index contributed by atoms with van der Waals surface area (Å²) in [7, 11) is 3.06. The molecule has 0 bridgehead atoms. The molecule has 2 rings (SSSR count). The Hall–Kier alpha value is -3.10. The lowest BCUT2D eigenvalue weighted by atomic mass is 10.2. The van der Waals surface area contributed by atoms with E-state index in [1.807, 2.05) is 0 Å². The van der Waals surface area contributed by atoms with Crippen LogP contribution in [0.1, 0.15) is 16.2 Å². The van der Waals surface area contributed by atoms with E-state index in [9.17, 15) is 4.79 Å². The monoisotopic (exact) mass is 290 g/mol. The van der Waals surface area contributed by atoms with Crippen molar-refractivity contribution in [3.63, 3.8) is 0 Å². The van der Waals surface area contributed by atoms with Crippen LogP contribution in [-0.2, 0) is 0 Å². The second-order valence-corrected chi connectivity index (χ2v) is 3.82. The Morgan fingerprint density at radius 2 is 2.24 bits per heavy atom. The molecule has 0 saturated heterocycles. The third-order valence-corrected chi connectivity index (χ3v) is 2.52. The summed E-state index contributed by atoms with van der Waals surface area (Å²) < 4.78 is 10.4. The average Bonchev–Trinajstić information content (AvgIpc) is 2.93. The minimum Gasteiger partial charge on any atom is -0.493 e. The number of nitrogens with zero attached hydrogens (tertiary/aromatic N) is 3. The number of nitrogens with one attached hydrogen (secondary N) is 2. The van der Waals surface area contributed by atoms with Crippen LogP contribution in [0.15, 0.2) is 23.3 Å². The summed E-state index contributed by atoms with van der Waals surface area (Å²) in [5.74, 6) is 0.482. The molecule has 0 aliphatic heterocycles. The Morgan fingerprint density at radius 3 is 2.86 bits per heavy atom. The molecule has 0 radical (unpaired) electrons. The van der Waals surface area contributed by atoms with Gasteiger partial charge in [0.05, 0.1) is 20.4 Å². The van der Waals surface area contributed by atoms with Crippen molar-refractivity contribution < 1.29 is 14.3 Å². The quantitative estimate of drug-likeness (QED) is 0.532. The predicted octanol–water partition coefficient (Wildman–Crippen LogP) is 0.168. The van der Waals surface area contributed by atoms with Gasteiger partial charge in [-0.3, -0.25) is 9.89 Å². The van der Waals surface area contributed by atoms with Crippen LogP contribution in [0.25, 0.3) is 0 Å². The van der Waals surface area contributed by atoms with E-state index in [2.05, 4.69) is 25.7 Å². The van der Waals surface area contributed by atoms with E-state index in [1.165, 1.54) is 20.4 Å². The lowest BCUT2D eigenvalue weighted by molar-refractivity contribution is 0.0945. The molecule has 1 heterocycles. The molecule has 110 valence electrons. The van der Waals surface area contributed by atoms with Crippen molar-refractivity contribution in [1.82, 2.24) is 20.6 Å². The van der Waals surface area contributed by atoms with Crippen LogP contribution in [0.4, 0.5) is 5.95 Å². The van der Waals surface area contributed by atoms with Gasteiger partial charge in [0, 0.05) is 5.56 Å². The number of amides is 1. The normalized spacial score (nSPS) is 10.6. The van der Waals surface area contributed by atoms with E-state index < -0.39 is 5.91 Å². The Labute approximate surface area is 120 Å². The highest BCUT2D eigenvalue weighted by Crippen LogP contribution is 2.29. The number of ether oxygens (including phenoxy) is 2. The van der Waals surface area contributed by atoms with Gasteiger partial charge >= 0.3 is 5.91 Å². The molecule has 0 saturated carbocycles. The van der Waals surface area contributed by atoms with Gasteiger partial charge in [-0.2, -0.15) is 10.1 Å². The SMILES string of the molecule is COc1cccc(/C=N/NC(=O)c2nc(N)n[nH]2)c1OC. The van der Waals surface area contributed by atoms with Crippen molar-refractivity contribution in [1.29, 1.82) is 0 Å². The fraction of sp³-hybridized carbons (Fsp3) is 0.167. The maximum absolute atomic E-state index is 11.7. The number of carbonyl (C=O) groups excluding carboxylic acids is 1. The summed E-state index contributed by atoms with van der Waals surface area (Å²) in [6.45, 7) is 0. The maximum Gasteiger partial charge on any atom is 0.308 e. The van der Waals surface area contributed by atoms with Crippen molar-refractivity contribution >= 4 is 18.1 Å². The first-order valence-electron chi connectivity index (χ1n) is 5.88. The van der Waals surface area contributed by atoms with Crippen LogP contribution < -0.4 is 20.6 Å². The topological polar surface area (TPSA) is 128 Å². The zero-order chi connectivity index (χ0) is 15.2. The number of nitrogen functional groups attached to an aromatic ring is 1. The maximum atomic E-state index is 11.7. The highest BCUT2D eigenvalue weighted by Gasteiger charge is 2.10. The second kappa shape index (κ2) is 6.37. The van der Waals surface area contributed by atoms with Crippen molar-refractivity contribution in [2.24, 2.45) is 5.10 Å². The molecule has 21 heavy (non-hydrogen) atoms. The Balaban J connectivity index is 2.09. The van der Waals surface area contributed by atoms with E-state index in [-0.39, 0.29) is 11.8 Å². The predicted molar refractivity (Wildman–Crippen MR) is 75.4 cm³/mol. The number of carbonyl (C=O) groups is 1. The van der Waals surface area contributed by atoms with Crippen LogP contribution in [0, 0.1) is 0 Å². The minimum absolute atomic E-state index is 0.0152. The summed E-state index contributed by atoms with van der Waals surface area (Å²) in [6.07, 6.45) is 1.43. The van der Waals surface area contributed by atoms with Crippen molar-refractivity contribution in [3.8, 4) is 11.5 Å². The van der Waals surface area contributed by atoms with Gasteiger partial charge in [0.1, 0.15) is 0 Å². The molecule has 2 aromatic rings. The Kier molecular flexibility index (Phi) is 4.34. The molecule has 9 nitrogen and oxygen atoms in total. The van der Waals surface area contributed by atoms with E-state index in [0.29, 0.717) is 17.1 Å². The highest BCUT2D eigenvalue weighted by molar-refractivity contribution is 5.92. The third kappa shape index (κ3) is 3.26. The van der Waals surface area contributed by atoms with E-state index in [0.717, 1.165) is 0 Å². The van der Waals surface area contributed by atoms with Crippen molar-refractivity contribution in [2.75, 3.05) is 20.0 Å². The van der Waals surface area contributed by atoms with E-state index in [1.54, 1.807) is 18.2 Å². The first kappa shape index (κ1) is 14.3. The summed E-state index contributed by atoms with van der Waals surface area (Å²) in [5, 5.41) is 9.75. The molecule has 0 aliphatic carbocycles. The van der Waals surface area contributed by atoms with Gasteiger partial charge in [0.2, 0.25) is 11.8 Å². The number of aromatic amines is 1. The molecular weight excluding hydrogens is 276 g/mol. The second-order valence-electron chi connectivity index (χ2n) is 3.82. The number of hydrogen-bond donors (Lipinski definition) is 3. The minimum atomic E-state index is -0.558. The van der Waals surface area contributed by atoms with E-state index in [4.69, 9.17) is 15.2 Å². The molecule has 0 fully saturated rings.